The molecule has 27 heavy (non-hydrogen) atoms. The Morgan fingerprint density at radius 2 is 1.93 bits per heavy atom. The number of nitro benzene ring substituents is 1. The standard InChI is InChI=1S/C15H21N2O9P/c1-4-25-27(23,26-5-2)13(15(20)24-3)12(18)14(19)16-10-7-6-8-11(9-10)17(21)22/h6-9,13,16,18-19H,4-5H2,1-3H3/p-1. The van der Waals surface area contributed by atoms with E-state index in [1.807, 2.05) is 0 Å². The van der Waals surface area contributed by atoms with Crippen LogP contribution >= 0.6 is 7.60 Å². The number of carbonyl (C=O) groups is 1. The van der Waals surface area contributed by atoms with Crippen LogP contribution in [0.25, 0.3) is 0 Å². The lowest BCUT2D eigenvalue weighted by Gasteiger charge is -2.29. The van der Waals surface area contributed by atoms with Crippen molar-refractivity contribution in [2.45, 2.75) is 19.5 Å². The van der Waals surface area contributed by atoms with Crippen molar-refractivity contribution < 1.29 is 38.3 Å². The van der Waals surface area contributed by atoms with Crippen LogP contribution in [0, 0.1) is 10.1 Å². The molecule has 0 heterocycles. The van der Waals surface area contributed by atoms with Crippen LogP contribution in [-0.4, -0.2) is 42.0 Å². The summed E-state index contributed by atoms with van der Waals surface area (Å²) < 4.78 is 27.3. The summed E-state index contributed by atoms with van der Waals surface area (Å²) >= 11 is 0. The number of benzene rings is 1. The maximum absolute atomic E-state index is 12.8. The Bertz CT molecular complexity index is 755. The first kappa shape index (κ1) is 22.4. The molecule has 2 N–H and O–H groups in total. The van der Waals surface area contributed by atoms with Crippen molar-refractivity contribution in [1.29, 1.82) is 0 Å². The Morgan fingerprint density at radius 3 is 2.41 bits per heavy atom. The van der Waals surface area contributed by atoms with Gasteiger partial charge >= 0.3 is 13.6 Å². The molecule has 0 saturated carbocycles. The third-order valence-corrected chi connectivity index (χ3v) is 5.47. The molecule has 1 rings (SSSR count). The summed E-state index contributed by atoms with van der Waals surface area (Å²) in [5.41, 5.74) is -2.35. The zero-order chi connectivity index (χ0) is 20.6. The number of nitrogens with one attached hydrogen (secondary N) is 1. The number of nitrogens with zero attached hydrogens (tertiary/aromatic N) is 1. The maximum atomic E-state index is 12.8. The molecule has 1 aromatic rings. The Labute approximate surface area is 155 Å². The van der Waals surface area contributed by atoms with E-state index in [0.717, 1.165) is 13.2 Å². The summed E-state index contributed by atoms with van der Waals surface area (Å²) in [6.45, 7) is 2.71. The number of esters is 1. The summed E-state index contributed by atoms with van der Waals surface area (Å²) in [5, 5.41) is 35.6. The number of methoxy groups -OCH3 is 1. The second-order valence-electron chi connectivity index (χ2n) is 4.95. The van der Waals surface area contributed by atoms with Gasteiger partial charge in [-0.25, -0.2) is 0 Å². The number of hydrogen-bond acceptors (Lipinski definition) is 10. The van der Waals surface area contributed by atoms with Gasteiger partial charge in [0.15, 0.2) is 11.5 Å². The first-order valence-corrected chi connectivity index (χ1v) is 9.39. The Balaban J connectivity index is 3.31. The third kappa shape index (κ3) is 5.68. The third-order valence-electron chi connectivity index (χ3n) is 3.16. The summed E-state index contributed by atoms with van der Waals surface area (Å²) in [5.74, 6) is -3.61. The van der Waals surface area contributed by atoms with Crippen molar-refractivity contribution in [3.05, 3.63) is 46.0 Å². The number of non-ortho nitro benzene ring substituents is 1. The van der Waals surface area contributed by atoms with Crippen molar-refractivity contribution in [3.8, 4) is 0 Å². The average molecular weight is 403 g/mol. The zero-order valence-corrected chi connectivity index (χ0v) is 15.8. The highest BCUT2D eigenvalue weighted by molar-refractivity contribution is 7.56. The lowest BCUT2D eigenvalue weighted by atomic mass is 10.2. The molecule has 12 heteroatoms. The van der Waals surface area contributed by atoms with Crippen molar-refractivity contribution >= 4 is 24.9 Å². The number of nitro groups is 1. The second kappa shape index (κ2) is 9.91. The Morgan fingerprint density at radius 1 is 1.33 bits per heavy atom. The number of carbonyl (C=O) groups excluding carboxylic acids is 1. The molecular formula is C15H20N2O9P-. The van der Waals surface area contributed by atoms with Gasteiger partial charge in [-0.3, -0.25) is 19.5 Å². The van der Waals surface area contributed by atoms with E-state index in [0.29, 0.717) is 0 Å². The number of aliphatic hydroxyl groups is 1. The van der Waals surface area contributed by atoms with E-state index in [2.05, 4.69) is 10.1 Å². The van der Waals surface area contributed by atoms with Gasteiger partial charge in [-0.05, 0) is 25.7 Å². The van der Waals surface area contributed by atoms with E-state index in [-0.39, 0.29) is 24.6 Å². The van der Waals surface area contributed by atoms with Crippen LogP contribution in [0.4, 0.5) is 11.4 Å². The van der Waals surface area contributed by atoms with E-state index in [4.69, 9.17) is 9.05 Å². The molecule has 0 fully saturated rings. The monoisotopic (exact) mass is 403 g/mol. The van der Waals surface area contributed by atoms with Crippen LogP contribution < -0.4 is 10.4 Å². The second-order valence-corrected chi connectivity index (χ2v) is 7.06. The predicted molar refractivity (Wildman–Crippen MR) is 93.0 cm³/mol. The van der Waals surface area contributed by atoms with Gasteiger partial charge in [0.2, 0.25) is 0 Å². The van der Waals surface area contributed by atoms with Gasteiger partial charge in [0.25, 0.3) is 5.69 Å². The molecule has 1 unspecified atom stereocenters. The molecule has 0 aliphatic carbocycles. The predicted octanol–water partition coefficient (Wildman–Crippen LogP) is 1.90. The van der Waals surface area contributed by atoms with Crippen LogP contribution in [0.2, 0.25) is 0 Å². The van der Waals surface area contributed by atoms with Gasteiger partial charge in [0, 0.05) is 17.8 Å². The van der Waals surface area contributed by atoms with Gasteiger partial charge in [-0.1, -0.05) is 6.07 Å². The first-order valence-electron chi connectivity index (χ1n) is 7.78. The van der Waals surface area contributed by atoms with Crippen LogP contribution in [0.1, 0.15) is 13.8 Å². The first-order chi connectivity index (χ1) is 12.7. The number of ether oxygens (including phenoxy) is 1. The van der Waals surface area contributed by atoms with Crippen LogP contribution in [0.3, 0.4) is 0 Å². The quantitative estimate of drug-likeness (QED) is 0.194. The minimum atomic E-state index is -4.30. The van der Waals surface area contributed by atoms with Crippen molar-refractivity contribution in [2.75, 3.05) is 25.6 Å². The van der Waals surface area contributed by atoms with Gasteiger partial charge in [-0.2, -0.15) is 0 Å². The van der Waals surface area contributed by atoms with E-state index in [9.17, 15) is 29.7 Å². The van der Waals surface area contributed by atoms with Crippen LogP contribution in [0.5, 0.6) is 0 Å². The number of anilines is 1. The number of aliphatic hydroxyl groups excluding tert-OH is 1. The minimum absolute atomic E-state index is 0.00122. The molecule has 0 aromatic heterocycles. The molecule has 150 valence electrons. The van der Waals surface area contributed by atoms with Crippen molar-refractivity contribution in [1.82, 2.24) is 0 Å². The molecule has 0 aliphatic rings. The summed E-state index contributed by atoms with van der Waals surface area (Å²) in [4.78, 5) is 22.2. The Kier molecular flexibility index (Phi) is 8.23. The van der Waals surface area contributed by atoms with Gasteiger partial charge in [0.1, 0.15) is 0 Å². The molecule has 1 atom stereocenters. The maximum Gasteiger partial charge on any atom is 0.348 e. The highest BCUT2D eigenvalue weighted by Crippen LogP contribution is 2.55. The van der Waals surface area contributed by atoms with Crippen LogP contribution in [-0.2, 0) is 23.1 Å². The topological polar surface area (TPSA) is 160 Å². The lowest BCUT2D eigenvalue weighted by molar-refractivity contribution is -0.384. The summed E-state index contributed by atoms with van der Waals surface area (Å²) in [7, 11) is -3.33. The molecule has 1 aromatic carbocycles. The molecule has 0 amide bonds. The number of rotatable bonds is 10. The van der Waals surface area contributed by atoms with E-state index in [1.165, 1.54) is 32.0 Å². The molecule has 0 saturated heterocycles. The van der Waals surface area contributed by atoms with Crippen LogP contribution in [0.15, 0.2) is 35.9 Å². The molecule has 0 bridgehead atoms. The smallest absolute Gasteiger partial charge is 0.348 e. The van der Waals surface area contributed by atoms with Crippen molar-refractivity contribution in [2.24, 2.45) is 0 Å². The largest absolute Gasteiger partial charge is 0.871 e. The number of hydrogen-bond donors (Lipinski definition) is 2. The molecule has 0 spiro atoms. The summed E-state index contributed by atoms with van der Waals surface area (Å²) in [6, 6.07) is 4.93. The molecular weight excluding hydrogens is 383 g/mol. The minimum Gasteiger partial charge on any atom is -0.871 e. The highest BCUT2D eigenvalue weighted by Gasteiger charge is 2.43. The van der Waals surface area contributed by atoms with Gasteiger partial charge in [0.05, 0.1) is 25.2 Å². The zero-order valence-electron chi connectivity index (χ0n) is 14.9. The summed E-state index contributed by atoms with van der Waals surface area (Å²) in [6.07, 6.45) is 0. The molecule has 11 nitrogen and oxygen atoms in total. The molecule has 0 radical (unpaired) electrons. The average Bonchev–Trinajstić information content (AvgIpc) is 2.62. The fourth-order valence-electron chi connectivity index (χ4n) is 2.06. The SMILES string of the molecule is CCOP(=O)(OCC)C(C(=O)OC)C([O-])=C(O)Nc1cccc([N+](=O)[O-])c1. The molecule has 0 aliphatic heterocycles. The lowest BCUT2D eigenvalue weighted by Crippen LogP contribution is -2.34. The fraction of sp³-hybridized carbons (Fsp3) is 0.400. The van der Waals surface area contributed by atoms with Crippen molar-refractivity contribution in [3.63, 3.8) is 0 Å². The van der Waals surface area contributed by atoms with Gasteiger partial charge in [-0.15, -0.1) is 0 Å². The highest BCUT2D eigenvalue weighted by atomic mass is 31.2. The van der Waals surface area contributed by atoms with E-state index >= 15 is 0 Å². The van der Waals surface area contributed by atoms with Gasteiger partial charge < -0.3 is 29.3 Å². The van der Waals surface area contributed by atoms with E-state index < -0.39 is 35.8 Å². The van der Waals surface area contributed by atoms with E-state index in [1.54, 1.807) is 0 Å². The normalized spacial score (nSPS) is 13.4. The Hall–Kier alpha value is -2.62. The fourth-order valence-corrected chi connectivity index (χ4v) is 3.93.